The van der Waals surface area contributed by atoms with Crippen LogP contribution in [0.15, 0.2) is 35.1 Å². The van der Waals surface area contributed by atoms with E-state index in [1.54, 1.807) is 6.33 Å². The van der Waals surface area contributed by atoms with E-state index in [1.807, 2.05) is 36.1 Å². The Hall–Kier alpha value is -2.96. The smallest absolute Gasteiger partial charge is 0.250 e. The molecule has 3 heterocycles. The number of amides is 1. The highest BCUT2D eigenvalue weighted by Crippen LogP contribution is 2.35. The van der Waals surface area contributed by atoms with Crippen LogP contribution in [0.5, 0.6) is 0 Å². The second kappa shape index (κ2) is 7.46. The van der Waals surface area contributed by atoms with Gasteiger partial charge in [0, 0.05) is 17.9 Å². The number of hydrogen-bond acceptors (Lipinski definition) is 5. The molecule has 7 nitrogen and oxygen atoms in total. The maximum Gasteiger partial charge on any atom is 0.250 e. The van der Waals surface area contributed by atoms with Gasteiger partial charge in [0.05, 0.1) is 24.3 Å². The highest BCUT2D eigenvalue weighted by Gasteiger charge is 2.38. The van der Waals surface area contributed by atoms with Crippen molar-refractivity contribution >= 4 is 5.91 Å². The minimum Gasteiger partial charge on any atom is -0.347 e. The Balaban J connectivity index is 1.47. The quantitative estimate of drug-likeness (QED) is 0.730. The summed E-state index contributed by atoms with van der Waals surface area (Å²) in [5, 5.41) is 4.20. The van der Waals surface area contributed by atoms with Gasteiger partial charge in [-0.05, 0) is 25.8 Å². The fourth-order valence-corrected chi connectivity index (χ4v) is 4.54. The first-order valence-electron chi connectivity index (χ1n) is 10.4. The van der Waals surface area contributed by atoms with Gasteiger partial charge in [-0.3, -0.25) is 4.79 Å². The number of rotatable bonds is 3. The Bertz CT molecular complexity index is 1020. The summed E-state index contributed by atoms with van der Waals surface area (Å²) in [6.07, 6.45) is 7.70. The summed E-state index contributed by atoms with van der Waals surface area (Å²) in [6.45, 7) is 2.55. The number of imidazole rings is 1. The lowest BCUT2D eigenvalue weighted by molar-refractivity contribution is -0.141. The zero-order valence-electron chi connectivity index (χ0n) is 16.6. The standard InChI is InChI=1S/C22H25N5O2/c1-14-6-5-9-16(10-14)20-25-21(29-26-20)19-11-17-18(24-13-23-17)12-27(19)22(28)15-7-3-2-4-8-15/h5-6,9-10,13,15,19H,2-4,7-8,11-12H2,1H3,(H,23,24). The highest BCUT2D eigenvalue weighted by molar-refractivity contribution is 5.79. The minimum absolute atomic E-state index is 0.0925. The molecule has 3 aromatic rings. The van der Waals surface area contributed by atoms with Crippen LogP contribution in [-0.4, -0.2) is 30.9 Å². The molecule has 1 aliphatic heterocycles. The molecule has 5 rings (SSSR count). The number of aromatic amines is 1. The third-order valence-electron chi connectivity index (χ3n) is 6.14. The summed E-state index contributed by atoms with van der Waals surface area (Å²) in [7, 11) is 0. The Kier molecular flexibility index (Phi) is 4.66. The Morgan fingerprint density at radius 3 is 2.93 bits per heavy atom. The van der Waals surface area contributed by atoms with Crippen LogP contribution in [0.4, 0.5) is 0 Å². The molecule has 1 amide bonds. The summed E-state index contributed by atoms with van der Waals surface area (Å²) < 4.78 is 5.66. The first-order chi connectivity index (χ1) is 14.2. The summed E-state index contributed by atoms with van der Waals surface area (Å²) >= 11 is 0. The summed E-state index contributed by atoms with van der Waals surface area (Å²) in [6, 6.07) is 7.75. The predicted octanol–water partition coefficient (Wildman–Crippen LogP) is 3.97. The first kappa shape index (κ1) is 18.1. The lowest BCUT2D eigenvalue weighted by atomic mass is 9.87. The number of nitrogens with zero attached hydrogens (tertiary/aromatic N) is 4. The van der Waals surface area contributed by atoms with E-state index in [1.165, 1.54) is 6.42 Å². The summed E-state index contributed by atoms with van der Waals surface area (Å²) in [5.74, 6) is 1.33. The minimum atomic E-state index is -0.272. The molecular formula is C22H25N5O2. The average Bonchev–Trinajstić information content (AvgIpc) is 3.42. The molecule has 0 bridgehead atoms. The number of aromatic nitrogens is 4. The molecule has 1 atom stereocenters. The first-order valence-corrected chi connectivity index (χ1v) is 10.4. The largest absolute Gasteiger partial charge is 0.347 e. The molecule has 1 aliphatic carbocycles. The highest BCUT2D eigenvalue weighted by atomic mass is 16.5. The number of nitrogens with one attached hydrogen (secondary N) is 1. The van der Waals surface area contributed by atoms with Crippen LogP contribution in [0.1, 0.15) is 61.0 Å². The van der Waals surface area contributed by atoms with Crippen LogP contribution in [0.25, 0.3) is 11.4 Å². The molecule has 1 fully saturated rings. The third-order valence-corrected chi connectivity index (χ3v) is 6.14. The van der Waals surface area contributed by atoms with Gasteiger partial charge in [0.2, 0.25) is 17.6 Å². The van der Waals surface area contributed by atoms with Crippen molar-refractivity contribution in [3.8, 4) is 11.4 Å². The van der Waals surface area contributed by atoms with Crippen LogP contribution in [0.2, 0.25) is 0 Å². The molecule has 1 N–H and O–H groups in total. The van der Waals surface area contributed by atoms with Crippen molar-refractivity contribution in [2.45, 2.75) is 58.0 Å². The van der Waals surface area contributed by atoms with E-state index in [0.29, 0.717) is 24.7 Å². The molecule has 1 unspecified atom stereocenters. The number of aryl methyl sites for hydroxylation is 1. The molecule has 29 heavy (non-hydrogen) atoms. The van der Waals surface area contributed by atoms with Crippen molar-refractivity contribution in [3.63, 3.8) is 0 Å². The van der Waals surface area contributed by atoms with E-state index < -0.39 is 0 Å². The van der Waals surface area contributed by atoms with Crippen LogP contribution < -0.4 is 0 Å². The van der Waals surface area contributed by atoms with Gasteiger partial charge in [0.15, 0.2) is 0 Å². The number of carbonyl (C=O) groups is 1. The monoisotopic (exact) mass is 391 g/mol. The van der Waals surface area contributed by atoms with Crippen molar-refractivity contribution < 1.29 is 9.32 Å². The van der Waals surface area contributed by atoms with Gasteiger partial charge in [-0.1, -0.05) is 48.2 Å². The van der Waals surface area contributed by atoms with Crippen LogP contribution >= 0.6 is 0 Å². The van der Waals surface area contributed by atoms with Crippen molar-refractivity contribution in [2.24, 2.45) is 5.92 Å². The molecule has 0 radical (unpaired) electrons. The van der Waals surface area contributed by atoms with Crippen LogP contribution in [0, 0.1) is 12.8 Å². The van der Waals surface area contributed by atoms with E-state index in [0.717, 1.165) is 48.2 Å². The SMILES string of the molecule is Cc1cccc(-c2noc(C3Cc4nc[nH]c4CN3C(=O)C3CCCCC3)n2)c1. The average molecular weight is 391 g/mol. The van der Waals surface area contributed by atoms with Gasteiger partial charge in [-0.2, -0.15) is 4.98 Å². The number of benzene rings is 1. The van der Waals surface area contributed by atoms with Crippen molar-refractivity contribution in [2.75, 3.05) is 0 Å². The van der Waals surface area contributed by atoms with E-state index in [-0.39, 0.29) is 17.9 Å². The van der Waals surface area contributed by atoms with Gasteiger partial charge in [0.1, 0.15) is 6.04 Å². The van der Waals surface area contributed by atoms with E-state index in [2.05, 4.69) is 20.1 Å². The Labute approximate surface area is 169 Å². The third kappa shape index (κ3) is 3.45. The van der Waals surface area contributed by atoms with Gasteiger partial charge in [-0.15, -0.1) is 0 Å². The lowest BCUT2D eigenvalue weighted by Crippen LogP contribution is -2.42. The Morgan fingerprint density at radius 2 is 2.10 bits per heavy atom. The zero-order chi connectivity index (χ0) is 19.8. The molecular weight excluding hydrogens is 366 g/mol. The maximum absolute atomic E-state index is 13.4. The Morgan fingerprint density at radius 1 is 1.24 bits per heavy atom. The maximum atomic E-state index is 13.4. The molecule has 150 valence electrons. The molecule has 7 heteroatoms. The van der Waals surface area contributed by atoms with E-state index >= 15 is 0 Å². The molecule has 2 aromatic heterocycles. The van der Waals surface area contributed by atoms with Crippen molar-refractivity contribution in [1.29, 1.82) is 0 Å². The number of hydrogen-bond donors (Lipinski definition) is 1. The van der Waals surface area contributed by atoms with Crippen molar-refractivity contribution in [3.05, 3.63) is 53.4 Å². The summed E-state index contributed by atoms with van der Waals surface area (Å²) in [4.78, 5) is 27.6. The van der Waals surface area contributed by atoms with Crippen molar-refractivity contribution in [1.82, 2.24) is 25.0 Å². The predicted molar refractivity (Wildman–Crippen MR) is 107 cm³/mol. The summed E-state index contributed by atoms with van der Waals surface area (Å²) in [5.41, 5.74) is 4.03. The molecule has 1 aromatic carbocycles. The number of carbonyl (C=O) groups excluding carboxylic acids is 1. The second-order valence-corrected chi connectivity index (χ2v) is 8.17. The van der Waals surface area contributed by atoms with E-state index in [9.17, 15) is 4.79 Å². The molecule has 2 aliphatic rings. The number of H-pyrrole nitrogens is 1. The van der Waals surface area contributed by atoms with Gasteiger partial charge in [0.25, 0.3) is 0 Å². The fourth-order valence-electron chi connectivity index (χ4n) is 4.54. The lowest BCUT2D eigenvalue weighted by Gasteiger charge is -2.36. The number of fused-ring (bicyclic) bond motifs is 1. The topological polar surface area (TPSA) is 87.9 Å². The fraction of sp³-hybridized carbons (Fsp3) is 0.455. The van der Waals surface area contributed by atoms with Gasteiger partial charge < -0.3 is 14.4 Å². The molecule has 1 saturated carbocycles. The zero-order valence-corrected chi connectivity index (χ0v) is 16.6. The van der Waals surface area contributed by atoms with Gasteiger partial charge >= 0.3 is 0 Å². The molecule has 0 saturated heterocycles. The van der Waals surface area contributed by atoms with E-state index in [4.69, 9.17) is 4.52 Å². The van der Waals surface area contributed by atoms with Crippen LogP contribution in [-0.2, 0) is 17.8 Å². The van der Waals surface area contributed by atoms with Crippen LogP contribution in [0.3, 0.4) is 0 Å². The molecule has 0 spiro atoms. The normalized spacial score (nSPS) is 19.9. The van der Waals surface area contributed by atoms with Gasteiger partial charge in [-0.25, -0.2) is 4.98 Å². The second-order valence-electron chi connectivity index (χ2n) is 8.17.